The molecule has 79 heavy (non-hydrogen) atoms. The molecule has 0 aromatic heterocycles. The third-order valence-corrected chi connectivity index (χ3v) is 16.0. The minimum atomic E-state index is -1.61. The van der Waals surface area contributed by atoms with Gasteiger partial charge >= 0.3 is 5.97 Å². The second kappa shape index (κ2) is 56.4. The zero-order chi connectivity index (χ0) is 57.5. The van der Waals surface area contributed by atoms with Crippen LogP contribution in [0.1, 0.15) is 323 Å². The normalized spacial score (nSPS) is 19.0. The summed E-state index contributed by atoms with van der Waals surface area (Å²) < 4.78 is 17.7. The van der Waals surface area contributed by atoms with Crippen LogP contribution in [0, 0.1) is 0 Å². The molecule has 1 aliphatic heterocycles. The SMILES string of the molecule is CCCCC/C=C\C/C=C\CCCCCCCCCCCCC(O)C(=O)NC(COC1OC(CO)C(O)C(O)C1OC(=O)CCCCCCCCCCCCCCCCCCC)C(O)/C=C/CCCCCCCCCCCCC. The fraction of sp³-hybridized carbons (Fsp3) is 0.882. The Morgan fingerprint density at radius 2 is 0.873 bits per heavy atom. The zero-order valence-corrected chi connectivity index (χ0v) is 51.5. The molecule has 8 atom stereocenters. The lowest BCUT2D eigenvalue weighted by molar-refractivity contribution is -0.305. The number of esters is 1. The van der Waals surface area contributed by atoms with Crippen molar-refractivity contribution >= 4 is 11.9 Å². The molecule has 11 nitrogen and oxygen atoms in total. The summed E-state index contributed by atoms with van der Waals surface area (Å²) in [5.41, 5.74) is 0. The Bertz CT molecular complexity index is 1420. The monoisotopic (exact) mass is 1120 g/mol. The molecule has 0 saturated carbocycles. The van der Waals surface area contributed by atoms with Crippen LogP contribution in [0.3, 0.4) is 0 Å². The Balaban J connectivity index is 2.63. The quantitative estimate of drug-likeness (QED) is 0.0195. The summed E-state index contributed by atoms with van der Waals surface area (Å²) in [5, 5.41) is 57.1. The van der Waals surface area contributed by atoms with Gasteiger partial charge in [-0.3, -0.25) is 9.59 Å². The molecule has 1 rings (SSSR count). The van der Waals surface area contributed by atoms with Gasteiger partial charge in [0.2, 0.25) is 5.91 Å². The second-order valence-electron chi connectivity index (χ2n) is 23.6. The first-order valence-corrected chi connectivity index (χ1v) is 33.8. The summed E-state index contributed by atoms with van der Waals surface area (Å²) in [5.74, 6) is -1.18. The highest BCUT2D eigenvalue weighted by Gasteiger charge is 2.47. The van der Waals surface area contributed by atoms with Crippen LogP contribution in [-0.4, -0.2) is 99.6 Å². The van der Waals surface area contributed by atoms with Gasteiger partial charge in [0.15, 0.2) is 12.4 Å². The topological polar surface area (TPSA) is 175 Å². The van der Waals surface area contributed by atoms with Gasteiger partial charge < -0.3 is 45.1 Å². The molecule has 464 valence electrons. The maximum atomic E-state index is 13.5. The minimum absolute atomic E-state index is 0.129. The van der Waals surface area contributed by atoms with Gasteiger partial charge in [0.25, 0.3) is 0 Å². The molecule has 6 N–H and O–H groups in total. The standard InChI is InChI=1S/C68H127NO10/c1-4-7-10-13-16-19-22-25-27-29-30-31-33-34-37-40-43-46-49-52-55-61(72)67(76)69-59(60(71)54-51-48-45-42-39-36-24-21-18-15-12-9-6-3)58-77-68-66(65(75)64(74)62(57-70)78-68)79-63(73)56-53-50-47-44-41-38-35-32-28-26-23-20-17-14-11-8-5-2/h16,19,25,27,51,54,59-62,64-66,68,70-72,74-75H,4-15,17-18,20-24,26,28-50,52-53,55-58H2,1-3H3,(H,69,76)/b19-16-,27-25-,54-51+. The molecule has 1 saturated heterocycles. The van der Waals surface area contributed by atoms with E-state index in [4.69, 9.17) is 14.2 Å². The molecule has 0 aromatic rings. The van der Waals surface area contributed by atoms with Gasteiger partial charge in [0.1, 0.15) is 24.4 Å². The van der Waals surface area contributed by atoms with Gasteiger partial charge in [0, 0.05) is 6.42 Å². The van der Waals surface area contributed by atoms with Crippen molar-refractivity contribution in [3.05, 3.63) is 36.5 Å². The number of rotatable bonds is 58. The first kappa shape index (κ1) is 74.9. The number of amides is 1. The van der Waals surface area contributed by atoms with Gasteiger partial charge in [-0.05, 0) is 57.8 Å². The summed E-state index contributed by atoms with van der Waals surface area (Å²) in [6.07, 6.45) is 57.5. The maximum Gasteiger partial charge on any atom is 0.306 e. The van der Waals surface area contributed by atoms with Crippen molar-refractivity contribution in [1.29, 1.82) is 0 Å². The second-order valence-corrected chi connectivity index (χ2v) is 23.6. The lowest BCUT2D eigenvalue weighted by Gasteiger charge is -2.41. The number of allylic oxidation sites excluding steroid dienone is 5. The summed E-state index contributed by atoms with van der Waals surface area (Å²) in [4.78, 5) is 26.6. The molecule has 1 heterocycles. The lowest BCUT2D eigenvalue weighted by Crippen LogP contribution is -2.61. The molecule has 0 radical (unpaired) electrons. The summed E-state index contributed by atoms with van der Waals surface area (Å²) in [6, 6.07) is -1.02. The number of aliphatic hydroxyl groups is 5. The maximum absolute atomic E-state index is 13.5. The third kappa shape index (κ3) is 44.1. The molecule has 1 amide bonds. The van der Waals surface area contributed by atoms with Gasteiger partial charge in [-0.15, -0.1) is 0 Å². The van der Waals surface area contributed by atoms with E-state index in [1.165, 1.54) is 205 Å². The number of unbranched alkanes of at least 4 members (excludes halogenated alkanes) is 40. The van der Waals surface area contributed by atoms with E-state index in [0.29, 0.717) is 19.3 Å². The van der Waals surface area contributed by atoms with Gasteiger partial charge in [0.05, 0.1) is 25.4 Å². The Morgan fingerprint density at radius 1 is 0.494 bits per heavy atom. The highest BCUT2D eigenvalue weighted by atomic mass is 16.7. The Morgan fingerprint density at radius 3 is 1.32 bits per heavy atom. The van der Waals surface area contributed by atoms with Gasteiger partial charge in [-0.25, -0.2) is 0 Å². The third-order valence-electron chi connectivity index (χ3n) is 16.0. The van der Waals surface area contributed by atoms with Crippen molar-refractivity contribution in [3.63, 3.8) is 0 Å². The smallest absolute Gasteiger partial charge is 0.306 e. The van der Waals surface area contributed by atoms with Crippen molar-refractivity contribution in [3.8, 4) is 0 Å². The molecule has 0 aliphatic carbocycles. The van der Waals surface area contributed by atoms with E-state index in [-0.39, 0.29) is 13.0 Å². The first-order chi connectivity index (χ1) is 38.7. The van der Waals surface area contributed by atoms with Crippen molar-refractivity contribution in [2.24, 2.45) is 0 Å². The Labute approximate surface area is 485 Å². The minimum Gasteiger partial charge on any atom is -0.454 e. The highest BCUT2D eigenvalue weighted by molar-refractivity contribution is 5.80. The van der Waals surface area contributed by atoms with E-state index >= 15 is 0 Å². The molecular formula is C68H127NO10. The Kier molecular flexibility index (Phi) is 53.4. The van der Waals surface area contributed by atoms with E-state index in [1.807, 2.05) is 6.08 Å². The predicted molar refractivity (Wildman–Crippen MR) is 329 cm³/mol. The fourth-order valence-electron chi connectivity index (χ4n) is 10.7. The fourth-order valence-corrected chi connectivity index (χ4v) is 10.7. The van der Waals surface area contributed by atoms with E-state index in [0.717, 1.165) is 70.6 Å². The van der Waals surface area contributed by atoms with Gasteiger partial charge in [-0.2, -0.15) is 0 Å². The molecule has 11 heteroatoms. The number of hydrogen-bond donors (Lipinski definition) is 6. The van der Waals surface area contributed by atoms with E-state index in [2.05, 4.69) is 50.4 Å². The number of nitrogens with one attached hydrogen (secondary N) is 1. The van der Waals surface area contributed by atoms with Crippen LogP contribution in [-0.2, 0) is 23.8 Å². The van der Waals surface area contributed by atoms with E-state index < -0.39 is 67.4 Å². The molecule has 1 fully saturated rings. The van der Waals surface area contributed by atoms with Crippen LogP contribution in [0.15, 0.2) is 36.5 Å². The molecule has 0 aromatic carbocycles. The van der Waals surface area contributed by atoms with Crippen molar-refractivity contribution in [2.45, 2.75) is 372 Å². The predicted octanol–water partition coefficient (Wildman–Crippen LogP) is 16.6. The van der Waals surface area contributed by atoms with Crippen LogP contribution in [0.25, 0.3) is 0 Å². The largest absolute Gasteiger partial charge is 0.454 e. The summed E-state index contributed by atoms with van der Waals surface area (Å²) in [7, 11) is 0. The molecule has 0 bridgehead atoms. The van der Waals surface area contributed by atoms with Crippen LogP contribution in [0.4, 0.5) is 0 Å². The average molecular weight is 1120 g/mol. The number of ether oxygens (including phenoxy) is 3. The van der Waals surface area contributed by atoms with E-state index in [9.17, 15) is 35.1 Å². The van der Waals surface area contributed by atoms with Crippen molar-refractivity contribution in [2.75, 3.05) is 13.2 Å². The zero-order valence-electron chi connectivity index (χ0n) is 51.5. The van der Waals surface area contributed by atoms with Crippen molar-refractivity contribution < 1.29 is 49.3 Å². The van der Waals surface area contributed by atoms with Crippen LogP contribution in [0.2, 0.25) is 0 Å². The molecule has 1 aliphatic rings. The number of carbonyl (C=O) groups is 2. The highest BCUT2D eigenvalue weighted by Crippen LogP contribution is 2.26. The van der Waals surface area contributed by atoms with Gasteiger partial charge in [-0.1, -0.05) is 295 Å². The van der Waals surface area contributed by atoms with Crippen LogP contribution < -0.4 is 5.32 Å². The van der Waals surface area contributed by atoms with Crippen molar-refractivity contribution in [1.82, 2.24) is 5.32 Å². The average Bonchev–Trinajstić information content (AvgIpc) is 3.49. The molecule has 0 spiro atoms. The lowest BCUT2D eigenvalue weighted by atomic mass is 9.99. The van der Waals surface area contributed by atoms with Crippen LogP contribution in [0.5, 0.6) is 0 Å². The first-order valence-electron chi connectivity index (χ1n) is 33.8. The number of hydrogen-bond acceptors (Lipinski definition) is 10. The molecule has 8 unspecified atom stereocenters. The number of aliphatic hydroxyl groups excluding tert-OH is 5. The Hall–Kier alpha value is -2.12. The number of carbonyl (C=O) groups excluding carboxylic acids is 2. The summed E-state index contributed by atoms with van der Waals surface area (Å²) in [6.45, 7) is 5.81. The summed E-state index contributed by atoms with van der Waals surface area (Å²) >= 11 is 0. The van der Waals surface area contributed by atoms with E-state index in [1.54, 1.807) is 6.08 Å². The van der Waals surface area contributed by atoms with Crippen LogP contribution >= 0.6 is 0 Å². The molecular weight excluding hydrogens is 991 g/mol.